The van der Waals surface area contributed by atoms with Crippen LogP contribution in [0, 0.1) is 0 Å². The van der Waals surface area contributed by atoms with Crippen molar-refractivity contribution in [1.29, 1.82) is 0 Å². The van der Waals surface area contributed by atoms with E-state index in [-0.39, 0.29) is 30.7 Å². The van der Waals surface area contributed by atoms with Crippen molar-refractivity contribution >= 4 is 35.4 Å². The minimum Gasteiger partial charge on any atom is -0.489 e. The van der Waals surface area contributed by atoms with E-state index in [9.17, 15) is 14.4 Å². The molecular weight excluding hydrogens is 536 g/mol. The van der Waals surface area contributed by atoms with Crippen LogP contribution in [0.25, 0.3) is 12.2 Å². The minimum absolute atomic E-state index is 0.104. The molecular formula is C33H32N2O5S. The summed E-state index contributed by atoms with van der Waals surface area (Å²) in [6.45, 7) is 2.19. The van der Waals surface area contributed by atoms with Crippen molar-refractivity contribution in [2.45, 2.75) is 45.4 Å². The fourth-order valence-corrected chi connectivity index (χ4v) is 5.95. The van der Waals surface area contributed by atoms with E-state index in [1.165, 1.54) is 16.2 Å². The Bertz CT molecular complexity index is 1690. The van der Waals surface area contributed by atoms with Crippen LogP contribution in [0.15, 0.2) is 83.7 Å². The summed E-state index contributed by atoms with van der Waals surface area (Å²) in [5.74, 6) is -0.126. The smallest absolute Gasteiger partial charge is 0.333 e. The van der Waals surface area contributed by atoms with Crippen molar-refractivity contribution < 1.29 is 19.1 Å². The van der Waals surface area contributed by atoms with Gasteiger partial charge in [-0.05, 0) is 66.6 Å². The summed E-state index contributed by atoms with van der Waals surface area (Å²) >= 11 is 1.15. The number of nitrogens with zero attached hydrogens (tertiary/aromatic N) is 1. The molecule has 1 aliphatic carbocycles. The molecule has 1 heterocycles. The average molecular weight is 569 g/mol. The fourth-order valence-electron chi connectivity index (χ4n) is 4.92. The molecule has 0 radical (unpaired) electrons. The van der Waals surface area contributed by atoms with Gasteiger partial charge in [0, 0.05) is 0 Å². The van der Waals surface area contributed by atoms with Gasteiger partial charge < -0.3 is 14.8 Å². The normalized spacial score (nSPS) is 15.3. The number of nitrogens with one attached hydrogen (secondary N) is 1. The maximum absolute atomic E-state index is 13.5. The highest BCUT2D eigenvalue weighted by molar-refractivity contribution is 7.07. The highest BCUT2D eigenvalue weighted by atomic mass is 32.1. The number of ether oxygens (including phenoxy) is 2. The van der Waals surface area contributed by atoms with Gasteiger partial charge in [-0.1, -0.05) is 66.7 Å². The van der Waals surface area contributed by atoms with Gasteiger partial charge in [-0.2, -0.15) is 0 Å². The molecule has 1 aliphatic rings. The Morgan fingerprint density at radius 1 is 1.02 bits per heavy atom. The molecule has 3 aromatic carbocycles. The zero-order valence-electron chi connectivity index (χ0n) is 22.9. The zero-order chi connectivity index (χ0) is 28.6. The van der Waals surface area contributed by atoms with E-state index in [1.807, 2.05) is 72.8 Å². The second kappa shape index (κ2) is 13.3. The van der Waals surface area contributed by atoms with Crippen molar-refractivity contribution in [2.75, 3.05) is 6.61 Å². The molecule has 7 nitrogen and oxygen atoms in total. The van der Waals surface area contributed by atoms with Gasteiger partial charge in [0.25, 0.3) is 5.56 Å². The van der Waals surface area contributed by atoms with Gasteiger partial charge in [0.2, 0.25) is 5.91 Å². The Balaban J connectivity index is 1.37. The first kappa shape index (κ1) is 28.1. The van der Waals surface area contributed by atoms with E-state index in [0.29, 0.717) is 21.6 Å². The van der Waals surface area contributed by atoms with E-state index >= 15 is 0 Å². The van der Waals surface area contributed by atoms with Gasteiger partial charge in [0.15, 0.2) is 0 Å². The predicted octanol–water partition coefficient (Wildman–Crippen LogP) is 3.86. The Hall–Kier alpha value is -4.43. The molecule has 4 aromatic rings. The number of carbonyl (C=O) groups excluding carboxylic acids is 2. The first-order chi connectivity index (χ1) is 20.0. The summed E-state index contributed by atoms with van der Waals surface area (Å²) in [5.41, 5.74) is 3.89. The highest BCUT2D eigenvalue weighted by Crippen LogP contribution is 2.29. The lowest BCUT2D eigenvalue weighted by atomic mass is 9.88. The molecule has 0 bridgehead atoms. The van der Waals surface area contributed by atoms with Crippen LogP contribution in [0.2, 0.25) is 0 Å². The minimum atomic E-state index is -0.560. The quantitative estimate of drug-likeness (QED) is 0.310. The van der Waals surface area contributed by atoms with Gasteiger partial charge in [-0.3, -0.25) is 14.2 Å². The molecule has 0 saturated heterocycles. The maximum atomic E-state index is 13.5. The molecule has 210 valence electrons. The molecule has 8 heteroatoms. The van der Waals surface area contributed by atoms with Crippen LogP contribution in [0.4, 0.5) is 0 Å². The van der Waals surface area contributed by atoms with Crippen LogP contribution in [-0.4, -0.2) is 23.1 Å². The monoisotopic (exact) mass is 568 g/mol. The standard InChI is InChI=1S/C33H32N2O5S/c1-2-39-32(37)20-31-35(21-30(36)34-28-14-8-12-25-11-6-7-13-27(25)28)33(38)29(41-31)19-23-15-17-26(18-16-23)40-22-24-9-4-3-5-10-24/h3-7,9-11,13,15-20,28H,2,8,12,14,21-22H2,1H3,(H,34,36)/b29-19-,31-20-/t28-/m0/s1. The second-order valence-electron chi connectivity index (χ2n) is 9.79. The number of aromatic nitrogens is 1. The number of carbonyl (C=O) groups is 2. The molecule has 0 saturated carbocycles. The number of esters is 1. The summed E-state index contributed by atoms with van der Waals surface area (Å²) in [6.07, 6.45) is 5.84. The lowest BCUT2D eigenvalue weighted by Gasteiger charge is -2.26. The van der Waals surface area contributed by atoms with Gasteiger partial charge in [-0.25, -0.2) is 4.79 Å². The average Bonchev–Trinajstić information content (AvgIpc) is 3.26. The number of amides is 1. The molecule has 0 fully saturated rings. The number of thiazole rings is 1. The van der Waals surface area contributed by atoms with Crippen molar-refractivity contribution in [3.63, 3.8) is 0 Å². The van der Waals surface area contributed by atoms with E-state index in [1.54, 1.807) is 13.0 Å². The largest absolute Gasteiger partial charge is 0.489 e. The first-order valence-corrected chi connectivity index (χ1v) is 14.6. The summed E-state index contributed by atoms with van der Waals surface area (Å²) in [6, 6.07) is 25.4. The Morgan fingerprint density at radius 3 is 2.56 bits per heavy atom. The summed E-state index contributed by atoms with van der Waals surface area (Å²) in [7, 11) is 0. The molecule has 1 amide bonds. The van der Waals surface area contributed by atoms with Gasteiger partial charge in [0.05, 0.1) is 23.3 Å². The lowest BCUT2D eigenvalue weighted by Crippen LogP contribution is -2.40. The third-order valence-electron chi connectivity index (χ3n) is 6.90. The van der Waals surface area contributed by atoms with Crippen molar-refractivity contribution in [1.82, 2.24) is 9.88 Å². The molecule has 1 aromatic heterocycles. The summed E-state index contributed by atoms with van der Waals surface area (Å²) in [5, 5.41) is 3.10. The molecule has 0 aliphatic heterocycles. The van der Waals surface area contributed by atoms with E-state index < -0.39 is 5.97 Å². The van der Waals surface area contributed by atoms with Crippen LogP contribution < -0.4 is 24.8 Å². The van der Waals surface area contributed by atoms with Crippen LogP contribution in [0.5, 0.6) is 5.75 Å². The molecule has 5 rings (SSSR count). The molecule has 0 spiro atoms. The van der Waals surface area contributed by atoms with Gasteiger partial charge >= 0.3 is 5.97 Å². The van der Waals surface area contributed by atoms with Crippen molar-refractivity contribution in [2.24, 2.45) is 0 Å². The fraction of sp³-hybridized carbons (Fsp3) is 0.242. The number of hydrogen-bond acceptors (Lipinski definition) is 6. The van der Waals surface area contributed by atoms with Gasteiger partial charge in [-0.15, -0.1) is 11.3 Å². The van der Waals surface area contributed by atoms with Crippen LogP contribution >= 0.6 is 11.3 Å². The molecule has 41 heavy (non-hydrogen) atoms. The third kappa shape index (κ3) is 7.21. The lowest BCUT2D eigenvalue weighted by molar-refractivity contribution is -0.135. The topological polar surface area (TPSA) is 86.6 Å². The molecule has 0 unspecified atom stereocenters. The third-order valence-corrected chi connectivity index (χ3v) is 7.96. The first-order valence-electron chi connectivity index (χ1n) is 13.7. The van der Waals surface area contributed by atoms with E-state index in [2.05, 4.69) is 11.4 Å². The predicted molar refractivity (Wildman–Crippen MR) is 160 cm³/mol. The zero-order valence-corrected chi connectivity index (χ0v) is 23.7. The summed E-state index contributed by atoms with van der Waals surface area (Å²) in [4.78, 5) is 38.9. The van der Waals surface area contributed by atoms with E-state index in [0.717, 1.165) is 47.3 Å². The van der Waals surface area contributed by atoms with E-state index in [4.69, 9.17) is 9.47 Å². The Kier molecular flexibility index (Phi) is 9.11. The number of hydrogen-bond donors (Lipinski definition) is 1. The van der Waals surface area contributed by atoms with Crippen molar-refractivity contribution in [3.05, 3.63) is 121 Å². The van der Waals surface area contributed by atoms with Crippen LogP contribution in [0.1, 0.15) is 48.1 Å². The van der Waals surface area contributed by atoms with Crippen LogP contribution in [-0.2, 0) is 33.9 Å². The summed E-state index contributed by atoms with van der Waals surface area (Å²) < 4.78 is 13.1. The number of aryl methyl sites for hydroxylation is 1. The second-order valence-corrected chi connectivity index (χ2v) is 10.9. The Labute approximate surface area is 242 Å². The van der Waals surface area contributed by atoms with Gasteiger partial charge in [0.1, 0.15) is 23.6 Å². The molecule has 1 atom stereocenters. The number of benzene rings is 3. The number of rotatable bonds is 9. The molecule has 1 N–H and O–H groups in total. The maximum Gasteiger partial charge on any atom is 0.333 e. The van der Waals surface area contributed by atoms with Crippen molar-refractivity contribution in [3.8, 4) is 5.75 Å². The highest BCUT2D eigenvalue weighted by Gasteiger charge is 2.22. The SMILES string of the molecule is CCOC(=O)/C=c1\s/c(=C\c2ccc(OCc3ccccc3)cc2)c(=O)n1CC(=O)N[C@H]1CCCc2ccccc21. The Morgan fingerprint density at radius 2 is 1.78 bits per heavy atom. The van der Waals surface area contributed by atoms with Crippen LogP contribution in [0.3, 0.4) is 0 Å². The number of fused-ring (bicyclic) bond motifs is 1.